The van der Waals surface area contributed by atoms with E-state index in [0.29, 0.717) is 5.16 Å². The highest BCUT2D eigenvalue weighted by Crippen LogP contribution is 2.31. The van der Waals surface area contributed by atoms with Crippen LogP contribution in [0.5, 0.6) is 0 Å². The fourth-order valence-electron chi connectivity index (χ4n) is 1.63. The van der Waals surface area contributed by atoms with Crippen LogP contribution in [0, 0.1) is 0 Å². The largest absolute Gasteiger partial charge is 0.230 e. The van der Waals surface area contributed by atoms with Crippen molar-refractivity contribution in [1.82, 2.24) is 9.97 Å². The lowest BCUT2D eigenvalue weighted by Gasteiger charge is -2.03. The Labute approximate surface area is 114 Å². The molecule has 0 amide bonds. The van der Waals surface area contributed by atoms with Crippen LogP contribution < -0.4 is 0 Å². The standard InChI is InChI=1S/C14H9ClN2S/c15-11-6-2-4-8-13(11)18-14-16-9-10-5-1-3-7-12(10)17-14/h1-9H. The monoisotopic (exact) mass is 272 g/mol. The second kappa shape index (κ2) is 4.96. The van der Waals surface area contributed by atoms with Gasteiger partial charge in [0.15, 0.2) is 5.16 Å². The molecule has 0 spiro atoms. The summed E-state index contributed by atoms with van der Waals surface area (Å²) in [7, 11) is 0. The predicted molar refractivity (Wildman–Crippen MR) is 75.1 cm³/mol. The SMILES string of the molecule is Clc1ccccc1Sc1ncc2ccccc2n1. The van der Waals surface area contributed by atoms with Crippen LogP contribution >= 0.6 is 23.4 Å². The maximum absolute atomic E-state index is 6.12. The van der Waals surface area contributed by atoms with Gasteiger partial charge in [-0.05, 0) is 30.0 Å². The Hall–Kier alpha value is -1.58. The molecule has 2 nitrogen and oxygen atoms in total. The molecule has 0 aliphatic rings. The average Bonchev–Trinajstić information content (AvgIpc) is 2.41. The molecule has 0 fully saturated rings. The van der Waals surface area contributed by atoms with Crippen LogP contribution in [0.25, 0.3) is 10.9 Å². The van der Waals surface area contributed by atoms with E-state index in [0.717, 1.165) is 20.8 Å². The maximum atomic E-state index is 6.12. The Balaban J connectivity index is 1.98. The number of halogens is 1. The van der Waals surface area contributed by atoms with Gasteiger partial charge in [-0.15, -0.1) is 0 Å². The zero-order valence-electron chi connectivity index (χ0n) is 9.38. The number of aromatic nitrogens is 2. The minimum atomic E-state index is 0.710. The number of hydrogen-bond donors (Lipinski definition) is 0. The van der Waals surface area contributed by atoms with E-state index in [-0.39, 0.29) is 0 Å². The van der Waals surface area contributed by atoms with Gasteiger partial charge < -0.3 is 0 Å². The van der Waals surface area contributed by atoms with Crippen molar-refractivity contribution in [2.24, 2.45) is 0 Å². The summed E-state index contributed by atoms with van der Waals surface area (Å²) < 4.78 is 0. The molecule has 1 heterocycles. The molecule has 1 aromatic heterocycles. The zero-order chi connectivity index (χ0) is 12.4. The third-order valence-electron chi connectivity index (χ3n) is 2.50. The summed E-state index contributed by atoms with van der Waals surface area (Å²) >= 11 is 7.59. The first-order valence-electron chi connectivity index (χ1n) is 5.47. The van der Waals surface area contributed by atoms with Gasteiger partial charge in [-0.3, -0.25) is 0 Å². The first-order chi connectivity index (χ1) is 8.83. The molecule has 0 bridgehead atoms. The van der Waals surface area contributed by atoms with Crippen LogP contribution in [0.2, 0.25) is 5.02 Å². The minimum Gasteiger partial charge on any atom is -0.230 e. The molecule has 0 atom stereocenters. The third kappa shape index (κ3) is 2.33. The van der Waals surface area contributed by atoms with Gasteiger partial charge >= 0.3 is 0 Å². The van der Waals surface area contributed by atoms with Crippen LogP contribution in [-0.4, -0.2) is 9.97 Å². The smallest absolute Gasteiger partial charge is 0.193 e. The molecule has 2 aromatic carbocycles. The number of rotatable bonds is 2. The Morgan fingerprint density at radius 3 is 2.61 bits per heavy atom. The molecule has 0 saturated carbocycles. The van der Waals surface area contributed by atoms with Gasteiger partial charge in [0.2, 0.25) is 0 Å². The number of fused-ring (bicyclic) bond motifs is 1. The molecule has 3 aromatic rings. The molecule has 0 saturated heterocycles. The van der Waals surface area contributed by atoms with Crippen molar-refractivity contribution in [3.63, 3.8) is 0 Å². The van der Waals surface area contributed by atoms with Gasteiger partial charge in [0, 0.05) is 16.5 Å². The van der Waals surface area contributed by atoms with E-state index in [4.69, 9.17) is 11.6 Å². The highest BCUT2D eigenvalue weighted by molar-refractivity contribution is 7.99. The summed E-state index contributed by atoms with van der Waals surface area (Å²) in [6, 6.07) is 15.6. The van der Waals surface area contributed by atoms with E-state index in [1.54, 1.807) is 0 Å². The molecule has 0 aliphatic heterocycles. The van der Waals surface area contributed by atoms with Crippen LogP contribution in [0.1, 0.15) is 0 Å². The maximum Gasteiger partial charge on any atom is 0.193 e. The molecular weight excluding hydrogens is 264 g/mol. The van der Waals surface area contributed by atoms with Crippen molar-refractivity contribution in [1.29, 1.82) is 0 Å². The number of nitrogens with zero attached hydrogens (tertiary/aromatic N) is 2. The Morgan fingerprint density at radius 1 is 0.944 bits per heavy atom. The highest BCUT2D eigenvalue weighted by atomic mass is 35.5. The van der Waals surface area contributed by atoms with Crippen molar-refractivity contribution in [3.8, 4) is 0 Å². The molecule has 0 unspecified atom stereocenters. The van der Waals surface area contributed by atoms with Gasteiger partial charge in [0.05, 0.1) is 10.5 Å². The van der Waals surface area contributed by atoms with E-state index < -0.39 is 0 Å². The van der Waals surface area contributed by atoms with Gasteiger partial charge in [-0.25, -0.2) is 9.97 Å². The average molecular weight is 273 g/mol. The topological polar surface area (TPSA) is 25.8 Å². The van der Waals surface area contributed by atoms with Crippen molar-refractivity contribution in [2.45, 2.75) is 10.1 Å². The van der Waals surface area contributed by atoms with Gasteiger partial charge in [-0.2, -0.15) is 0 Å². The van der Waals surface area contributed by atoms with Crippen molar-refractivity contribution < 1.29 is 0 Å². The lowest BCUT2D eigenvalue weighted by atomic mass is 10.2. The van der Waals surface area contributed by atoms with Gasteiger partial charge in [0.1, 0.15) is 0 Å². The first kappa shape index (κ1) is 11.5. The Kier molecular flexibility index (Phi) is 3.17. The molecule has 0 N–H and O–H groups in total. The molecule has 0 radical (unpaired) electrons. The molecule has 18 heavy (non-hydrogen) atoms. The molecule has 3 rings (SSSR count). The predicted octanol–water partition coefficient (Wildman–Crippen LogP) is 4.43. The third-order valence-corrected chi connectivity index (χ3v) is 3.90. The van der Waals surface area contributed by atoms with E-state index in [1.165, 1.54) is 11.8 Å². The van der Waals surface area contributed by atoms with Crippen molar-refractivity contribution in [3.05, 3.63) is 59.8 Å². The lowest BCUT2D eigenvalue weighted by molar-refractivity contribution is 1.00. The molecule has 88 valence electrons. The highest BCUT2D eigenvalue weighted by Gasteiger charge is 2.05. The van der Waals surface area contributed by atoms with E-state index >= 15 is 0 Å². The Bertz CT molecular complexity index is 700. The molecule has 0 aliphatic carbocycles. The summed E-state index contributed by atoms with van der Waals surface area (Å²) in [4.78, 5) is 9.81. The first-order valence-corrected chi connectivity index (χ1v) is 6.66. The lowest BCUT2D eigenvalue weighted by Crippen LogP contribution is -1.87. The summed E-state index contributed by atoms with van der Waals surface area (Å²) in [5, 5.41) is 2.47. The van der Waals surface area contributed by atoms with E-state index in [1.807, 2.05) is 54.7 Å². The van der Waals surface area contributed by atoms with Crippen molar-refractivity contribution in [2.75, 3.05) is 0 Å². The summed E-state index contributed by atoms with van der Waals surface area (Å²) in [6.45, 7) is 0. The van der Waals surface area contributed by atoms with Crippen LogP contribution in [0.15, 0.2) is 64.8 Å². The number of hydrogen-bond acceptors (Lipinski definition) is 3. The fourth-order valence-corrected chi connectivity index (χ4v) is 2.64. The molecule has 4 heteroatoms. The summed E-state index contributed by atoms with van der Waals surface area (Å²) in [6.07, 6.45) is 1.83. The number of benzene rings is 2. The van der Waals surface area contributed by atoms with Crippen LogP contribution in [0.3, 0.4) is 0 Å². The summed E-state index contributed by atoms with van der Waals surface area (Å²) in [5.74, 6) is 0. The Morgan fingerprint density at radius 2 is 1.72 bits per heavy atom. The molecular formula is C14H9ClN2S. The quantitative estimate of drug-likeness (QED) is 0.645. The zero-order valence-corrected chi connectivity index (χ0v) is 10.9. The second-order valence-electron chi connectivity index (χ2n) is 3.74. The fraction of sp³-hybridized carbons (Fsp3) is 0. The summed E-state index contributed by atoms with van der Waals surface area (Å²) in [5.41, 5.74) is 0.946. The van der Waals surface area contributed by atoms with E-state index in [2.05, 4.69) is 9.97 Å². The second-order valence-corrected chi connectivity index (χ2v) is 5.16. The van der Waals surface area contributed by atoms with E-state index in [9.17, 15) is 0 Å². The normalized spacial score (nSPS) is 10.7. The van der Waals surface area contributed by atoms with Crippen molar-refractivity contribution >= 4 is 34.3 Å². The minimum absolute atomic E-state index is 0.710. The van der Waals surface area contributed by atoms with Crippen LogP contribution in [-0.2, 0) is 0 Å². The number of para-hydroxylation sites is 1. The van der Waals surface area contributed by atoms with Gasteiger partial charge in [-0.1, -0.05) is 41.9 Å². The van der Waals surface area contributed by atoms with Crippen LogP contribution in [0.4, 0.5) is 0 Å². The van der Waals surface area contributed by atoms with Gasteiger partial charge in [0.25, 0.3) is 0 Å².